The molecule has 9 heteroatoms. The number of carbonyl (C=O) groups excluding carboxylic acids is 1. The third kappa shape index (κ3) is 4.00. The van der Waals surface area contributed by atoms with E-state index < -0.39 is 0 Å². The number of carbonyl (C=O) groups is 1. The van der Waals surface area contributed by atoms with Gasteiger partial charge < -0.3 is 15.0 Å². The Morgan fingerprint density at radius 3 is 2.56 bits per heavy atom. The predicted octanol–water partition coefficient (Wildman–Crippen LogP) is 0.125. The molecule has 1 N–H and O–H groups in total. The topological polar surface area (TPSA) is 102 Å². The summed E-state index contributed by atoms with van der Waals surface area (Å²) in [6.45, 7) is 6.13. The summed E-state index contributed by atoms with van der Waals surface area (Å²) >= 11 is 0. The number of morpholine rings is 1. The Morgan fingerprint density at radius 1 is 1.20 bits per heavy atom. The lowest BCUT2D eigenvalue weighted by molar-refractivity contribution is -0.116. The Balaban J connectivity index is 1.63. The molecule has 0 bridgehead atoms. The normalized spacial score (nSPS) is 14.4. The second kappa shape index (κ2) is 7.39. The molecule has 1 aliphatic heterocycles. The van der Waals surface area contributed by atoms with Gasteiger partial charge in [0, 0.05) is 24.3 Å². The lowest BCUT2D eigenvalue weighted by Crippen LogP contribution is -2.37. The second-order valence-corrected chi connectivity index (χ2v) is 5.81. The highest BCUT2D eigenvalue weighted by molar-refractivity contribution is 5.90. The largest absolute Gasteiger partial charge is 0.378 e. The fourth-order valence-corrected chi connectivity index (χ4v) is 2.46. The summed E-state index contributed by atoms with van der Waals surface area (Å²) in [7, 11) is 0. The molecule has 2 aromatic rings. The smallest absolute Gasteiger partial charge is 0.256 e. The van der Waals surface area contributed by atoms with Crippen LogP contribution < -0.4 is 15.8 Å². The van der Waals surface area contributed by atoms with Gasteiger partial charge in [-0.2, -0.15) is 0 Å². The number of nitrogens with zero attached hydrogens (tertiary/aromatic N) is 5. The van der Waals surface area contributed by atoms with Crippen molar-refractivity contribution in [2.75, 3.05) is 36.5 Å². The summed E-state index contributed by atoms with van der Waals surface area (Å²) in [5, 5.41) is 2.69. The maximum atomic E-state index is 12.1. The Labute approximate surface area is 144 Å². The lowest BCUT2D eigenvalue weighted by atomic mass is 10.3. The summed E-state index contributed by atoms with van der Waals surface area (Å²) in [6.07, 6.45) is 4.48. The zero-order valence-electron chi connectivity index (χ0n) is 14.2. The van der Waals surface area contributed by atoms with Gasteiger partial charge in [0.2, 0.25) is 11.9 Å². The van der Waals surface area contributed by atoms with E-state index in [0.717, 1.165) is 13.1 Å². The molecule has 3 rings (SSSR count). The Kier molecular flexibility index (Phi) is 5.03. The van der Waals surface area contributed by atoms with Gasteiger partial charge in [-0.3, -0.25) is 14.2 Å². The van der Waals surface area contributed by atoms with Gasteiger partial charge in [-0.15, -0.1) is 0 Å². The molecule has 0 spiro atoms. The Hall–Kier alpha value is -2.81. The van der Waals surface area contributed by atoms with E-state index in [1.807, 2.05) is 4.90 Å². The molecule has 132 valence electrons. The molecule has 1 fully saturated rings. The van der Waals surface area contributed by atoms with E-state index in [1.54, 1.807) is 26.2 Å². The number of amides is 1. The molecule has 1 saturated heterocycles. The van der Waals surface area contributed by atoms with Gasteiger partial charge >= 0.3 is 0 Å². The number of aromatic nitrogens is 4. The average Bonchev–Trinajstić information content (AvgIpc) is 2.63. The van der Waals surface area contributed by atoms with Crippen molar-refractivity contribution in [2.24, 2.45) is 0 Å². The van der Waals surface area contributed by atoms with Crippen molar-refractivity contribution in [1.82, 2.24) is 19.5 Å². The first-order valence-electron chi connectivity index (χ1n) is 8.02. The number of rotatable bonds is 4. The van der Waals surface area contributed by atoms with Crippen LogP contribution in [0.2, 0.25) is 0 Å². The molecule has 25 heavy (non-hydrogen) atoms. The molecule has 1 aliphatic rings. The highest BCUT2D eigenvalue weighted by Gasteiger charge is 2.14. The van der Waals surface area contributed by atoms with Crippen molar-refractivity contribution in [3.05, 3.63) is 40.3 Å². The van der Waals surface area contributed by atoms with Crippen LogP contribution in [0.1, 0.15) is 11.3 Å². The quantitative estimate of drug-likeness (QED) is 0.841. The molecule has 0 aliphatic carbocycles. The van der Waals surface area contributed by atoms with Crippen LogP contribution in [-0.4, -0.2) is 51.7 Å². The maximum Gasteiger partial charge on any atom is 0.256 e. The van der Waals surface area contributed by atoms with E-state index in [2.05, 4.69) is 20.3 Å². The number of ether oxygens (including phenoxy) is 1. The first-order chi connectivity index (χ1) is 12.0. The number of aryl methyl sites for hydroxylation is 1. The molecule has 2 aromatic heterocycles. The lowest BCUT2D eigenvalue weighted by Gasteiger charge is -2.26. The molecular weight excluding hydrogens is 324 g/mol. The second-order valence-electron chi connectivity index (χ2n) is 5.81. The molecule has 0 saturated carbocycles. The average molecular weight is 344 g/mol. The number of nitrogens with one attached hydrogen (secondary N) is 1. The van der Waals surface area contributed by atoms with Gasteiger partial charge in [0.05, 0.1) is 37.6 Å². The monoisotopic (exact) mass is 344 g/mol. The zero-order chi connectivity index (χ0) is 17.8. The molecule has 0 unspecified atom stereocenters. The highest BCUT2D eigenvalue weighted by atomic mass is 16.5. The van der Waals surface area contributed by atoms with Crippen molar-refractivity contribution < 1.29 is 9.53 Å². The van der Waals surface area contributed by atoms with Gasteiger partial charge in [-0.1, -0.05) is 0 Å². The number of hydrogen-bond donors (Lipinski definition) is 1. The van der Waals surface area contributed by atoms with E-state index in [0.29, 0.717) is 36.1 Å². The summed E-state index contributed by atoms with van der Waals surface area (Å²) in [6, 6.07) is 0. The van der Waals surface area contributed by atoms with Crippen LogP contribution in [0.5, 0.6) is 0 Å². The van der Waals surface area contributed by atoms with Gasteiger partial charge in [0.15, 0.2) is 0 Å². The standard InChI is InChI=1S/C16H20N6O3/c1-11-12(2)19-10-22(15(11)24)9-14(23)20-13-7-17-16(18-8-13)21-3-5-25-6-4-21/h7-8,10H,3-6,9H2,1-2H3,(H,20,23). The van der Waals surface area contributed by atoms with Crippen molar-refractivity contribution >= 4 is 17.5 Å². The highest BCUT2D eigenvalue weighted by Crippen LogP contribution is 2.11. The van der Waals surface area contributed by atoms with Crippen LogP contribution in [0.4, 0.5) is 11.6 Å². The van der Waals surface area contributed by atoms with E-state index in [1.165, 1.54) is 10.9 Å². The minimum Gasteiger partial charge on any atom is -0.378 e. The van der Waals surface area contributed by atoms with Gasteiger partial charge in [0.1, 0.15) is 6.54 Å². The molecule has 9 nitrogen and oxygen atoms in total. The molecule has 3 heterocycles. The Bertz CT molecular complexity index is 812. The van der Waals surface area contributed by atoms with E-state index >= 15 is 0 Å². The van der Waals surface area contributed by atoms with Crippen LogP contribution >= 0.6 is 0 Å². The van der Waals surface area contributed by atoms with Crippen molar-refractivity contribution in [1.29, 1.82) is 0 Å². The van der Waals surface area contributed by atoms with Crippen LogP contribution in [0.15, 0.2) is 23.5 Å². The summed E-state index contributed by atoms with van der Waals surface area (Å²) in [4.78, 5) is 38.9. The van der Waals surface area contributed by atoms with E-state index in [9.17, 15) is 9.59 Å². The molecule has 1 amide bonds. The van der Waals surface area contributed by atoms with Crippen LogP contribution in [-0.2, 0) is 16.1 Å². The number of anilines is 2. The molecule has 0 radical (unpaired) electrons. The predicted molar refractivity (Wildman–Crippen MR) is 91.7 cm³/mol. The van der Waals surface area contributed by atoms with Crippen molar-refractivity contribution in [2.45, 2.75) is 20.4 Å². The van der Waals surface area contributed by atoms with E-state index in [-0.39, 0.29) is 18.0 Å². The summed E-state index contributed by atoms with van der Waals surface area (Å²) < 4.78 is 6.57. The minimum absolute atomic E-state index is 0.113. The molecule has 0 aromatic carbocycles. The maximum absolute atomic E-state index is 12.1. The van der Waals surface area contributed by atoms with Crippen LogP contribution in [0, 0.1) is 13.8 Å². The zero-order valence-corrected chi connectivity index (χ0v) is 14.2. The van der Waals surface area contributed by atoms with Gasteiger partial charge in [0.25, 0.3) is 5.56 Å². The van der Waals surface area contributed by atoms with Gasteiger partial charge in [-0.25, -0.2) is 15.0 Å². The number of hydrogen-bond acceptors (Lipinski definition) is 7. The van der Waals surface area contributed by atoms with Gasteiger partial charge in [-0.05, 0) is 13.8 Å². The minimum atomic E-state index is -0.338. The third-order valence-corrected chi connectivity index (χ3v) is 4.04. The first kappa shape index (κ1) is 17.0. The van der Waals surface area contributed by atoms with Crippen LogP contribution in [0.3, 0.4) is 0 Å². The first-order valence-corrected chi connectivity index (χ1v) is 8.02. The molecular formula is C16H20N6O3. The van der Waals surface area contributed by atoms with Crippen molar-refractivity contribution in [3.8, 4) is 0 Å². The summed E-state index contributed by atoms with van der Waals surface area (Å²) in [5.41, 5.74) is 1.45. The molecule has 0 atom stereocenters. The fourth-order valence-electron chi connectivity index (χ4n) is 2.46. The van der Waals surface area contributed by atoms with E-state index in [4.69, 9.17) is 4.74 Å². The van der Waals surface area contributed by atoms with Crippen molar-refractivity contribution in [3.63, 3.8) is 0 Å². The summed E-state index contributed by atoms with van der Waals surface area (Å²) in [5.74, 6) is 0.269. The third-order valence-electron chi connectivity index (χ3n) is 4.04. The fraction of sp³-hybridized carbons (Fsp3) is 0.438. The Morgan fingerprint density at radius 2 is 1.88 bits per heavy atom. The van der Waals surface area contributed by atoms with Crippen LogP contribution in [0.25, 0.3) is 0 Å². The SMILES string of the molecule is Cc1ncn(CC(=O)Nc2cnc(N3CCOCC3)nc2)c(=O)c1C.